The van der Waals surface area contributed by atoms with Gasteiger partial charge in [-0.2, -0.15) is 0 Å². The van der Waals surface area contributed by atoms with E-state index in [-0.39, 0.29) is 26.4 Å². The van der Waals surface area contributed by atoms with E-state index in [4.69, 9.17) is 23.3 Å². The highest BCUT2D eigenvalue weighted by molar-refractivity contribution is 7.54. The van der Waals surface area contributed by atoms with Gasteiger partial charge < -0.3 is 28.4 Å². The normalized spacial score (nSPS) is 24.1. The fourth-order valence-electron chi connectivity index (χ4n) is 3.77. The van der Waals surface area contributed by atoms with E-state index >= 15 is 4.39 Å². The Balaban J connectivity index is 1.84. The van der Waals surface area contributed by atoms with E-state index in [0.717, 1.165) is 11.1 Å². The predicted molar refractivity (Wildman–Crippen MR) is 122 cm³/mol. The first-order valence-electron chi connectivity index (χ1n) is 11.1. The Labute approximate surface area is 194 Å². The van der Waals surface area contributed by atoms with Gasteiger partial charge >= 0.3 is 7.60 Å². The summed E-state index contributed by atoms with van der Waals surface area (Å²) in [7, 11) is -4.14. The first kappa shape index (κ1) is 26.0. The van der Waals surface area contributed by atoms with E-state index in [1.54, 1.807) is 13.8 Å². The quantitative estimate of drug-likeness (QED) is 0.422. The second-order valence-corrected chi connectivity index (χ2v) is 9.68. The summed E-state index contributed by atoms with van der Waals surface area (Å²) in [4.78, 5) is 0. The highest BCUT2D eigenvalue weighted by Crippen LogP contribution is 2.57. The molecule has 1 heterocycles. The van der Waals surface area contributed by atoms with Crippen molar-refractivity contribution < 1.29 is 37.3 Å². The lowest BCUT2D eigenvalue weighted by Crippen LogP contribution is -2.41. The van der Waals surface area contributed by atoms with Gasteiger partial charge in [0, 0.05) is 0 Å². The van der Waals surface area contributed by atoms with Crippen LogP contribution >= 0.6 is 7.60 Å². The zero-order chi connectivity index (χ0) is 23.7. The molecule has 0 bridgehead atoms. The van der Waals surface area contributed by atoms with Crippen LogP contribution in [0.2, 0.25) is 0 Å². The van der Waals surface area contributed by atoms with Crippen molar-refractivity contribution in [3.63, 3.8) is 0 Å². The summed E-state index contributed by atoms with van der Waals surface area (Å²) in [5.41, 5.74) is 1.78. The smallest absolute Gasteiger partial charge is 0.367 e. The van der Waals surface area contributed by atoms with Crippen LogP contribution in [0.3, 0.4) is 0 Å². The Morgan fingerprint density at radius 1 is 0.909 bits per heavy atom. The Morgan fingerprint density at radius 3 is 1.85 bits per heavy atom. The van der Waals surface area contributed by atoms with Crippen molar-refractivity contribution >= 4 is 7.60 Å². The zero-order valence-corrected chi connectivity index (χ0v) is 19.8. The van der Waals surface area contributed by atoms with Crippen LogP contribution in [-0.4, -0.2) is 55.3 Å². The van der Waals surface area contributed by atoms with Crippen LogP contribution in [0.5, 0.6) is 0 Å². The van der Waals surface area contributed by atoms with Crippen molar-refractivity contribution in [1.29, 1.82) is 0 Å². The lowest BCUT2D eigenvalue weighted by atomic mass is 10.1. The third kappa shape index (κ3) is 6.70. The zero-order valence-electron chi connectivity index (χ0n) is 18.9. The fraction of sp³-hybridized carbons (Fsp3) is 0.500. The molecule has 7 nitrogen and oxygen atoms in total. The van der Waals surface area contributed by atoms with Crippen LogP contribution in [0.4, 0.5) is 4.39 Å². The monoisotopic (exact) mass is 482 g/mol. The summed E-state index contributed by atoms with van der Waals surface area (Å²) in [5.74, 6) is -2.11. The fourth-order valence-corrected chi connectivity index (χ4v) is 5.45. The van der Waals surface area contributed by atoms with Crippen LogP contribution < -0.4 is 0 Å². The van der Waals surface area contributed by atoms with Gasteiger partial charge in [0.05, 0.1) is 33.0 Å². The third-order valence-electron chi connectivity index (χ3n) is 5.29. The van der Waals surface area contributed by atoms with Gasteiger partial charge in [0.15, 0.2) is 0 Å². The van der Waals surface area contributed by atoms with E-state index < -0.39 is 44.5 Å². The first-order chi connectivity index (χ1) is 16.0. The molecule has 1 fully saturated rings. The van der Waals surface area contributed by atoms with Crippen molar-refractivity contribution in [2.75, 3.05) is 19.8 Å². The molecule has 9 heteroatoms. The minimum absolute atomic E-state index is 0.0112. The molecule has 182 valence electrons. The topological polar surface area (TPSA) is 83.5 Å². The van der Waals surface area contributed by atoms with Gasteiger partial charge in [-0.25, -0.2) is 4.39 Å². The highest BCUT2D eigenvalue weighted by Gasteiger charge is 2.55. The average Bonchev–Trinajstić information content (AvgIpc) is 3.19. The maximum atomic E-state index is 15.7. The molecule has 1 aliphatic heterocycles. The van der Waals surface area contributed by atoms with Gasteiger partial charge in [0.2, 0.25) is 5.91 Å². The number of ether oxygens (including phenoxy) is 3. The molecule has 1 aliphatic rings. The number of hydrogen-bond donors (Lipinski definition) is 1. The van der Waals surface area contributed by atoms with E-state index in [0.29, 0.717) is 0 Å². The van der Waals surface area contributed by atoms with E-state index in [2.05, 4.69) is 0 Å². The van der Waals surface area contributed by atoms with Crippen molar-refractivity contribution in [2.24, 2.45) is 0 Å². The molecular formula is C24H32FO7P. The molecule has 0 saturated carbocycles. The lowest BCUT2D eigenvalue weighted by Gasteiger charge is -2.29. The molecule has 1 unspecified atom stereocenters. The molecule has 5 atom stereocenters. The number of aliphatic hydroxyl groups is 1. The van der Waals surface area contributed by atoms with Gasteiger partial charge in [0.1, 0.15) is 24.4 Å². The molecule has 0 aromatic heterocycles. The van der Waals surface area contributed by atoms with Crippen LogP contribution in [0, 0.1) is 0 Å². The first-order valence-corrected chi connectivity index (χ1v) is 12.7. The summed E-state index contributed by atoms with van der Waals surface area (Å²) in [5, 5.41) is 9.93. The summed E-state index contributed by atoms with van der Waals surface area (Å²) < 4.78 is 57.2. The number of rotatable bonds is 13. The maximum absolute atomic E-state index is 15.7. The summed E-state index contributed by atoms with van der Waals surface area (Å²) in [6.45, 7) is 3.21. The van der Waals surface area contributed by atoms with Gasteiger partial charge in [0.25, 0.3) is 0 Å². The number of aliphatic hydroxyl groups excluding tert-OH is 1. The molecule has 0 radical (unpaired) electrons. The minimum Gasteiger partial charge on any atom is -0.394 e. The molecule has 1 saturated heterocycles. The lowest BCUT2D eigenvalue weighted by molar-refractivity contribution is -0.0858. The summed E-state index contributed by atoms with van der Waals surface area (Å²) in [6, 6.07) is 18.9. The summed E-state index contributed by atoms with van der Waals surface area (Å²) >= 11 is 0. The Morgan fingerprint density at radius 2 is 1.39 bits per heavy atom. The Bertz CT molecular complexity index is 860. The van der Waals surface area contributed by atoms with Crippen LogP contribution in [0.15, 0.2) is 60.7 Å². The molecular weight excluding hydrogens is 450 g/mol. The van der Waals surface area contributed by atoms with E-state index in [1.807, 2.05) is 60.7 Å². The second kappa shape index (κ2) is 12.7. The van der Waals surface area contributed by atoms with E-state index in [1.165, 1.54) is 0 Å². The maximum Gasteiger partial charge on any atom is 0.367 e. The third-order valence-corrected chi connectivity index (χ3v) is 7.42. The van der Waals surface area contributed by atoms with Gasteiger partial charge in [-0.05, 0) is 25.0 Å². The molecule has 2 aromatic rings. The Kier molecular flexibility index (Phi) is 10.0. The number of alkyl halides is 1. The SMILES string of the molecule is CCOP(=O)(OCC)C(F)[C@@H]1O[C@H](CO)[C@@H](OCc2ccccc2)[C@@H]1OCc1ccccc1. The van der Waals surface area contributed by atoms with Crippen molar-refractivity contribution in [3.05, 3.63) is 71.8 Å². The van der Waals surface area contributed by atoms with Crippen molar-refractivity contribution in [3.8, 4) is 0 Å². The average molecular weight is 482 g/mol. The van der Waals surface area contributed by atoms with Crippen LogP contribution in [-0.2, 0) is 41.0 Å². The second-order valence-electron chi connectivity index (χ2n) is 7.59. The molecule has 0 spiro atoms. The number of benzene rings is 2. The predicted octanol–water partition coefficient (Wildman–Crippen LogP) is 4.48. The largest absolute Gasteiger partial charge is 0.394 e. The molecule has 1 N–H and O–H groups in total. The van der Waals surface area contributed by atoms with Crippen LogP contribution in [0.1, 0.15) is 25.0 Å². The number of hydrogen-bond acceptors (Lipinski definition) is 7. The van der Waals surface area contributed by atoms with Gasteiger partial charge in [-0.15, -0.1) is 0 Å². The van der Waals surface area contributed by atoms with E-state index in [9.17, 15) is 9.67 Å². The summed E-state index contributed by atoms with van der Waals surface area (Å²) in [6.07, 6.45) is -3.92. The molecule has 2 aromatic carbocycles. The van der Waals surface area contributed by atoms with Crippen molar-refractivity contribution in [2.45, 2.75) is 57.4 Å². The molecule has 33 heavy (non-hydrogen) atoms. The highest BCUT2D eigenvalue weighted by atomic mass is 31.2. The molecule has 0 aliphatic carbocycles. The van der Waals surface area contributed by atoms with Crippen LogP contribution in [0.25, 0.3) is 0 Å². The number of halogens is 1. The minimum atomic E-state index is -4.14. The standard InChI is InChI=1S/C24H32FO7P/c1-3-30-33(27,31-4-2)24(25)23-22(29-17-19-13-9-6-10-14-19)21(20(15-26)32-23)28-16-18-11-7-5-8-12-18/h5-14,20-24,26H,3-4,15-17H2,1-2H3/t20-,21-,22+,23-,24?/m1/s1. The van der Waals surface area contributed by atoms with Crippen molar-refractivity contribution in [1.82, 2.24) is 0 Å². The van der Waals surface area contributed by atoms with Gasteiger partial charge in [-0.1, -0.05) is 60.7 Å². The molecule has 3 rings (SSSR count). The molecule has 0 amide bonds. The van der Waals surface area contributed by atoms with Gasteiger partial charge in [-0.3, -0.25) is 4.57 Å². The Hall–Kier alpha value is -1.64.